The van der Waals surface area contributed by atoms with Crippen LogP contribution in [0.1, 0.15) is 17.3 Å². The van der Waals surface area contributed by atoms with E-state index in [9.17, 15) is 4.79 Å². The number of carbonyl (C=O) groups is 1. The average Bonchev–Trinajstić information content (AvgIpc) is 2.70. The fourth-order valence-corrected chi connectivity index (χ4v) is 2.87. The van der Waals surface area contributed by atoms with Gasteiger partial charge in [0, 0.05) is 18.2 Å². The smallest absolute Gasteiger partial charge is 0.254 e. The minimum absolute atomic E-state index is 0.104. The fourth-order valence-electron chi connectivity index (χ4n) is 2.87. The van der Waals surface area contributed by atoms with Crippen LogP contribution in [0.2, 0.25) is 0 Å². The van der Waals surface area contributed by atoms with Gasteiger partial charge in [-0.3, -0.25) is 4.79 Å². The first-order valence-electron chi connectivity index (χ1n) is 8.55. The molecule has 0 saturated heterocycles. The maximum absolute atomic E-state index is 12.9. The molecule has 1 heterocycles. The highest BCUT2D eigenvalue weighted by Gasteiger charge is 2.25. The lowest BCUT2D eigenvalue weighted by atomic mass is 10.1. The van der Waals surface area contributed by atoms with E-state index in [-0.39, 0.29) is 12.0 Å². The van der Waals surface area contributed by atoms with Gasteiger partial charge in [-0.2, -0.15) is 0 Å². The zero-order chi connectivity index (χ0) is 18.5. The minimum atomic E-state index is -0.221. The molecule has 1 aliphatic rings. The van der Waals surface area contributed by atoms with Gasteiger partial charge in [0.1, 0.15) is 18.1 Å². The van der Waals surface area contributed by atoms with Crippen molar-refractivity contribution in [3.63, 3.8) is 0 Å². The van der Waals surface area contributed by atoms with Gasteiger partial charge in [-0.15, -0.1) is 0 Å². The molecule has 0 aliphatic carbocycles. The molecule has 0 N–H and O–H groups in total. The van der Waals surface area contributed by atoms with Crippen LogP contribution in [0.3, 0.4) is 0 Å². The highest BCUT2D eigenvalue weighted by molar-refractivity contribution is 5.95. The molecule has 0 bridgehead atoms. The Morgan fingerprint density at radius 2 is 1.77 bits per heavy atom. The Bertz CT molecular complexity index is 754. The molecule has 2 aromatic rings. The predicted molar refractivity (Wildman–Crippen MR) is 97.5 cm³/mol. The van der Waals surface area contributed by atoms with E-state index in [2.05, 4.69) is 0 Å². The molecule has 26 heavy (non-hydrogen) atoms. The van der Waals surface area contributed by atoms with Gasteiger partial charge in [0.2, 0.25) is 0 Å². The summed E-state index contributed by atoms with van der Waals surface area (Å²) in [5.41, 5.74) is 0.514. The molecule has 0 radical (unpaired) electrons. The van der Waals surface area contributed by atoms with E-state index in [0.29, 0.717) is 42.5 Å². The van der Waals surface area contributed by atoms with Crippen LogP contribution in [0.4, 0.5) is 0 Å². The van der Waals surface area contributed by atoms with Gasteiger partial charge in [0.25, 0.3) is 5.91 Å². The zero-order valence-electron chi connectivity index (χ0n) is 15.2. The van der Waals surface area contributed by atoms with E-state index in [1.807, 2.05) is 31.2 Å². The van der Waals surface area contributed by atoms with Crippen molar-refractivity contribution >= 4 is 5.91 Å². The lowest BCUT2D eigenvalue weighted by molar-refractivity contribution is 0.0474. The predicted octanol–water partition coefficient (Wildman–Crippen LogP) is 3.01. The molecule has 0 saturated carbocycles. The van der Waals surface area contributed by atoms with Crippen LogP contribution in [0.25, 0.3) is 0 Å². The van der Waals surface area contributed by atoms with Crippen molar-refractivity contribution in [3.8, 4) is 23.0 Å². The Labute approximate surface area is 153 Å². The van der Waals surface area contributed by atoms with E-state index in [1.54, 1.807) is 37.3 Å². The number of benzene rings is 2. The van der Waals surface area contributed by atoms with Crippen molar-refractivity contribution in [2.45, 2.75) is 13.0 Å². The number of para-hydroxylation sites is 2. The third kappa shape index (κ3) is 3.85. The topological polar surface area (TPSA) is 57.2 Å². The first kappa shape index (κ1) is 17.9. The molecule has 1 atom stereocenters. The molecular formula is C20H23NO5. The van der Waals surface area contributed by atoms with Crippen LogP contribution in [0.5, 0.6) is 23.0 Å². The van der Waals surface area contributed by atoms with Crippen molar-refractivity contribution in [1.29, 1.82) is 0 Å². The monoisotopic (exact) mass is 357 g/mol. The molecule has 0 fully saturated rings. The maximum Gasteiger partial charge on any atom is 0.254 e. The molecule has 3 rings (SSSR count). The quantitative estimate of drug-likeness (QED) is 0.795. The van der Waals surface area contributed by atoms with Crippen LogP contribution in [-0.2, 0) is 0 Å². The summed E-state index contributed by atoms with van der Waals surface area (Å²) in [5, 5.41) is 0. The van der Waals surface area contributed by atoms with Crippen LogP contribution >= 0.6 is 0 Å². The van der Waals surface area contributed by atoms with Gasteiger partial charge < -0.3 is 23.8 Å². The molecule has 0 aromatic heterocycles. The molecule has 2 aromatic carbocycles. The minimum Gasteiger partial charge on any atom is -0.497 e. The summed E-state index contributed by atoms with van der Waals surface area (Å²) in [6, 6.07) is 12.7. The van der Waals surface area contributed by atoms with Gasteiger partial charge in [-0.25, -0.2) is 0 Å². The summed E-state index contributed by atoms with van der Waals surface area (Å²) in [6.07, 6.45) is -0.221. The number of hydrogen-bond acceptors (Lipinski definition) is 5. The standard InChI is InChI=1S/C20H23NO5/c1-4-21(12-17-13-25-18-7-5-6-8-19(18)26-17)20(22)14-9-15(23-2)11-16(10-14)24-3/h5-11,17H,4,12-13H2,1-3H3/t17-/m0/s1. The Morgan fingerprint density at radius 3 is 2.38 bits per heavy atom. The molecule has 1 amide bonds. The van der Waals surface area contributed by atoms with E-state index in [4.69, 9.17) is 18.9 Å². The normalized spacial score (nSPS) is 15.3. The highest BCUT2D eigenvalue weighted by atomic mass is 16.6. The number of carbonyl (C=O) groups excluding carboxylic acids is 1. The first-order valence-corrected chi connectivity index (χ1v) is 8.55. The number of hydrogen-bond donors (Lipinski definition) is 0. The van der Waals surface area contributed by atoms with E-state index in [1.165, 1.54) is 0 Å². The summed E-state index contributed by atoms with van der Waals surface area (Å²) < 4.78 is 22.2. The lowest BCUT2D eigenvalue weighted by Crippen LogP contribution is -2.43. The van der Waals surface area contributed by atoms with Crippen LogP contribution in [0.15, 0.2) is 42.5 Å². The molecule has 1 aliphatic heterocycles. The summed E-state index contributed by atoms with van der Waals surface area (Å²) in [7, 11) is 3.12. The van der Waals surface area contributed by atoms with Gasteiger partial charge in [0.05, 0.1) is 20.8 Å². The highest BCUT2D eigenvalue weighted by Crippen LogP contribution is 2.31. The van der Waals surface area contributed by atoms with Gasteiger partial charge in [-0.05, 0) is 31.2 Å². The van der Waals surface area contributed by atoms with E-state index < -0.39 is 0 Å². The molecule has 6 nitrogen and oxygen atoms in total. The molecule has 138 valence electrons. The summed E-state index contributed by atoms with van der Waals surface area (Å²) in [5.74, 6) is 2.49. The second-order valence-electron chi connectivity index (χ2n) is 5.94. The van der Waals surface area contributed by atoms with Crippen molar-refractivity contribution in [2.24, 2.45) is 0 Å². The number of likely N-dealkylation sites (N-methyl/N-ethyl adjacent to an activating group) is 1. The molecule has 0 unspecified atom stereocenters. The third-order valence-electron chi connectivity index (χ3n) is 4.26. The van der Waals surface area contributed by atoms with Gasteiger partial charge >= 0.3 is 0 Å². The first-order chi connectivity index (χ1) is 12.6. The van der Waals surface area contributed by atoms with E-state index in [0.717, 1.165) is 5.75 Å². The second kappa shape index (κ2) is 7.99. The van der Waals surface area contributed by atoms with Crippen LogP contribution in [0, 0.1) is 0 Å². The summed E-state index contributed by atoms with van der Waals surface area (Å²) in [6.45, 7) is 3.33. The van der Waals surface area contributed by atoms with Gasteiger partial charge in [0.15, 0.2) is 17.6 Å². The lowest BCUT2D eigenvalue weighted by Gasteiger charge is -2.31. The Kier molecular flexibility index (Phi) is 5.51. The SMILES string of the molecule is CCN(C[C@H]1COc2ccccc2O1)C(=O)c1cc(OC)cc(OC)c1. The fraction of sp³-hybridized carbons (Fsp3) is 0.350. The van der Waals surface area contributed by atoms with Gasteiger partial charge in [-0.1, -0.05) is 12.1 Å². The molecule has 6 heteroatoms. The largest absolute Gasteiger partial charge is 0.497 e. The number of amides is 1. The third-order valence-corrected chi connectivity index (χ3v) is 4.26. The molecular weight excluding hydrogens is 334 g/mol. The van der Waals surface area contributed by atoms with Crippen molar-refractivity contribution in [1.82, 2.24) is 4.90 Å². The molecule has 0 spiro atoms. The van der Waals surface area contributed by atoms with Crippen LogP contribution in [-0.4, -0.2) is 50.8 Å². The number of nitrogens with zero attached hydrogens (tertiary/aromatic N) is 1. The zero-order valence-corrected chi connectivity index (χ0v) is 15.2. The summed E-state index contributed by atoms with van der Waals surface area (Å²) in [4.78, 5) is 14.7. The van der Waals surface area contributed by atoms with Crippen molar-refractivity contribution in [2.75, 3.05) is 33.9 Å². The van der Waals surface area contributed by atoms with Crippen LogP contribution < -0.4 is 18.9 Å². The van der Waals surface area contributed by atoms with Crippen molar-refractivity contribution in [3.05, 3.63) is 48.0 Å². The number of methoxy groups -OCH3 is 2. The average molecular weight is 357 g/mol. The maximum atomic E-state index is 12.9. The van der Waals surface area contributed by atoms with E-state index >= 15 is 0 Å². The number of fused-ring (bicyclic) bond motifs is 1. The Balaban J connectivity index is 1.74. The number of rotatable bonds is 6. The summed E-state index contributed by atoms with van der Waals surface area (Å²) >= 11 is 0. The number of ether oxygens (including phenoxy) is 4. The second-order valence-corrected chi connectivity index (χ2v) is 5.94. The van der Waals surface area contributed by atoms with Crippen molar-refractivity contribution < 1.29 is 23.7 Å². The Morgan fingerprint density at radius 1 is 1.12 bits per heavy atom. The Hall–Kier alpha value is -2.89.